The van der Waals surface area contributed by atoms with E-state index in [9.17, 15) is 9.90 Å². The van der Waals surface area contributed by atoms with Crippen molar-refractivity contribution < 1.29 is 14.6 Å². The highest BCUT2D eigenvalue weighted by atomic mass is 16.5. The van der Waals surface area contributed by atoms with Crippen LogP contribution in [0.5, 0.6) is 0 Å². The lowest BCUT2D eigenvalue weighted by atomic mass is 9.32. The van der Waals surface area contributed by atoms with Crippen LogP contribution in [0.15, 0.2) is 0 Å². The van der Waals surface area contributed by atoms with Gasteiger partial charge in [0.15, 0.2) is 0 Å². The first-order chi connectivity index (χ1) is 16.3. The average molecular weight is 487 g/mol. The molecule has 0 aromatic heterocycles. The van der Waals surface area contributed by atoms with Crippen molar-refractivity contribution in [2.24, 2.45) is 62.6 Å². The van der Waals surface area contributed by atoms with Crippen molar-refractivity contribution in [2.75, 3.05) is 6.61 Å². The first kappa shape index (κ1) is 26.1. The smallest absolute Gasteiger partial charge is 0.302 e. The second kappa shape index (κ2) is 8.21. The quantitative estimate of drug-likeness (QED) is 0.417. The number of esters is 1. The first-order valence-corrected chi connectivity index (χ1v) is 15.0. The fourth-order valence-electron chi connectivity index (χ4n) is 12.2. The molecule has 0 radical (unpaired) electrons. The van der Waals surface area contributed by atoms with E-state index in [1.165, 1.54) is 57.8 Å². The van der Waals surface area contributed by atoms with Crippen LogP contribution in [0.1, 0.15) is 120 Å². The van der Waals surface area contributed by atoms with E-state index in [1.807, 2.05) is 0 Å². The zero-order chi connectivity index (χ0) is 25.6. The molecule has 3 heteroatoms. The van der Waals surface area contributed by atoms with E-state index in [1.54, 1.807) is 6.92 Å². The normalized spacial score (nSPS) is 52.7. The molecule has 1 N–H and O–H groups in total. The van der Waals surface area contributed by atoms with Crippen molar-refractivity contribution >= 4 is 5.97 Å². The third-order valence-electron chi connectivity index (χ3n) is 14.1. The Balaban J connectivity index is 1.50. The lowest BCUT2D eigenvalue weighted by molar-refractivity contribution is -0.253. The van der Waals surface area contributed by atoms with E-state index >= 15 is 0 Å². The van der Waals surface area contributed by atoms with Gasteiger partial charge in [-0.15, -0.1) is 0 Å². The van der Waals surface area contributed by atoms with Crippen molar-refractivity contribution in [1.82, 2.24) is 0 Å². The molecule has 0 amide bonds. The molecular formula is C32H54O3. The van der Waals surface area contributed by atoms with E-state index in [0.29, 0.717) is 40.6 Å². The lowest BCUT2D eigenvalue weighted by Gasteiger charge is -2.73. The van der Waals surface area contributed by atoms with Gasteiger partial charge in [-0.25, -0.2) is 0 Å². The number of rotatable bonds is 3. The SMILES string of the molecule is CC(=O)O[C@H]1CC[C@@]2(C)C(CC[C@]3(C)C2CCC2C4[C@H](C(C)C)CC[C@]4(CO)CC[C@]23C)C1(C)C. The minimum atomic E-state index is -0.119. The van der Waals surface area contributed by atoms with Crippen LogP contribution in [0.3, 0.4) is 0 Å². The van der Waals surface area contributed by atoms with Gasteiger partial charge in [-0.2, -0.15) is 0 Å². The third kappa shape index (κ3) is 3.34. The van der Waals surface area contributed by atoms with E-state index < -0.39 is 0 Å². The van der Waals surface area contributed by atoms with Gasteiger partial charge in [-0.1, -0.05) is 48.5 Å². The van der Waals surface area contributed by atoms with Gasteiger partial charge in [0.25, 0.3) is 0 Å². The van der Waals surface area contributed by atoms with Crippen molar-refractivity contribution in [1.29, 1.82) is 0 Å². The van der Waals surface area contributed by atoms with Crippen LogP contribution < -0.4 is 0 Å². The zero-order valence-electron chi connectivity index (χ0n) is 24.1. The molecule has 5 aliphatic carbocycles. The Morgan fingerprint density at radius 3 is 2.20 bits per heavy atom. The van der Waals surface area contributed by atoms with Gasteiger partial charge >= 0.3 is 5.97 Å². The maximum atomic E-state index is 11.9. The molecule has 0 bridgehead atoms. The van der Waals surface area contributed by atoms with Gasteiger partial charge in [0, 0.05) is 18.9 Å². The minimum Gasteiger partial charge on any atom is -0.462 e. The van der Waals surface area contributed by atoms with Gasteiger partial charge in [0.05, 0.1) is 0 Å². The molecular weight excluding hydrogens is 432 g/mol. The summed E-state index contributed by atoms with van der Waals surface area (Å²) in [5.41, 5.74) is 1.26. The number of fused-ring (bicyclic) bond motifs is 7. The molecule has 0 aromatic rings. The molecule has 5 saturated carbocycles. The summed E-state index contributed by atoms with van der Waals surface area (Å²) in [6.07, 6.45) is 12.6. The summed E-state index contributed by atoms with van der Waals surface area (Å²) in [5, 5.41) is 10.7. The molecule has 5 rings (SSSR count). The fourth-order valence-corrected chi connectivity index (χ4v) is 12.2. The Morgan fingerprint density at radius 2 is 1.57 bits per heavy atom. The van der Waals surface area contributed by atoms with Gasteiger partial charge in [-0.05, 0) is 121 Å². The minimum absolute atomic E-state index is 0.0323. The zero-order valence-corrected chi connectivity index (χ0v) is 24.1. The van der Waals surface area contributed by atoms with Crippen LogP contribution in [0, 0.1) is 62.6 Å². The highest BCUT2D eigenvalue weighted by Crippen LogP contribution is 2.77. The van der Waals surface area contributed by atoms with Crippen LogP contribution in [-0.2, 0) is 9.53 Å². The van der Waals surface area contributed by atoms with Crippen LogP contribution in [0.25, 0.3) is 0 Å². The average Bonchev–Trinajstić information content (AvgIpc) is 3.16. The van der Waals surface area contributed by atoms with Gasteiger partial charge in [0.2, 0.25) is 0 Å². The monoisotopic (exact) mass is 486 g/mol. The highest BCUT2D eigenvalue weighted by molar-refractivity contribution is 5.66. The molecule has 3 nitrogen and oxygen atoms in total. The second-order valence-electron chi connectivity index (χ2n) is 15.6. The summed E-state index contributed by atoms with van der Waals surface area (Å²) in [6, 6.07) is 0. The van der Waals surface area contributed by atoms with Crippen molar-refractivity contribution in [3.05, 3.63) is 0 Å². The summed E-state index contributed by atoms with van der Waals surface area (Å²) in [6.45, 7) is 19.7. The van der Waals surface area contributed by atoms with Crippen LogP contribution in [-0.4, -0.2) is 23.8 Å². The Labute approximate surface area is 215 Å². The number of hydrogen-bond acceptors (Lipinski definition) is 3. The number of aliphatic hydroxyl groups excluding tert-OH is 1. The molecule has 200 valence electrons. The summed E-state index contributed by atoms with van der Waals surface area (Å²) in [4.78, 5) is 11.9. The molecule has 0 aliphatic heterocycles. The summed E-state index contributed by atoms with van der Waals surface area (Å²) < 4.78 is 5.91. The number of aliphatic hydroxyl groups is 1. The topological polar surface area (TPSA) is 46.5 Å². The predicted octanol–water partition coefficient (Wildman–Crippen LogP) is 7.65. The molecule has 35 heavy (non-hydrogen) atoms. The standard InChI is InChI=1S/C32H54O3/c1-20(2)22-11-16-32(19-33)18-17-30(7)23(27(22)32)9-10-25-29(6)14-13-26(35-21(3)34)28(4,5)24(29)12-15-31(25,30)8/h20,22-27,33H,9-19H2,1-8H3/t22-,23?,24?,25?,26-,27?,29-,30+,31+,32+/m0/s1. The lowest BCUT2D eigenvalue weighted by Crippen LogP contribution is -2.67. The molecule has 4 unspecified atom stereocenters. The maximum absolute atomic E-state index is 11.9. The van der Waals surface area contributed by atoms with E-state index in [-0.39, 0.29) is 22.9 Å². The van der Waals surface area contributed by atoms with Gasteiger partial charge in [0.1, 0.15) is 6.10 Å². The molecule has 10 atom stereocenters. The van der Waals surface area contributed by atoms with Gasteiger partial charge in [-0.3, -0.25) is 4.79 Å². The molecule has 0 saturated heterocycles. The van der Waals surface area contributed by atoms with Crippen LogP contribution >= 0.6 is 0 Å². The Hall–Kier alpha value is -0.570. The fraction of sp³-hybridized carbons (Fsp3) is 0.969. The first-order valence-electron chi connectivity index (χ1n) is 15.0. The van der Waals surface area contributed by atoms with Crippen LogP contribution in [0.4, 0.5) is 0 Å². The third-order valence-corrected chi connectivity index (χ3v) is 14.1. The summed E-state index contributed by atoms with van der Waals surface area (Å²) in [5.74, 6) is 4.18. The van der Waals surface area contributed by atoms with E-state index in [0.717, 1.165) is 24.2 Å². The Morgan fingerprint density at radius 1 is 0.857 bits per heavy atom. The van der Waals surface area contributed by atoms with Crippen molar-refractivity contribution in [2.45, 2.75) is 126 Å². The van der Waals surface area contributed by atoms with Gasteiger partial charge < -0.3 is 9.84 Å². The number of carbonyl (C=O) groups is 1. The number of hydrogen-bond donors (Lipinski definition) is 1. The van der Waals surface area contributed by atoms with Crippen molar-refractivity contribution in [3.8, 4) is 0 Å². The molecule has 5 aliphatic rings. The Kier molecular flexibility index (Phi) is 6.11. The molecule has 5 fully saturated rings. The molecule has 0 heterocycles. The summed E-state index contributed by atoms with van der Waals surface area (Å²) >= 11 is 0. The second-order valence-corrected chi connectivity index (χ2v) is 15.6. The predicted molar refractivity (Wildman–Crippen MR) is 142 cm³/mol. The number of carbonyl (C=O) groups excluding carboxylic acids is 1. The number of ether oxygens (including phenoxy) is 1. The summed E-state index contributed by atoms with van der Waals surface area (Å²) in [7, 11) is 0. The Bertz CT molecular complexity index is 848. The molecule has 0 spiro atoms. The maximum Gasteiger partial charge on any atom is 0.302 e. The van der Waals surface area contributed by atoms with Crippen molar-refractivity contribution in [3.63, 3.8) is 0 Å². The largest absolute Gasteiger partial charge is 0.462 e. The molecule has 0 aromatic carbocycles. The highest BCUT2D eigenvalue weighted by Gasteiger charge is 2.71. The van der Waals surface area contributed by atoms with Crippen LogP contribution in [0.2, 0.25) is 0 Å². The van der Waals surface area contributed by atoms with E-state index in [2.05, 4.69) is 48.5 Å². The van der Waals surface area contributed by atoms with E-state index in [4.69, 9.17) is 4.74 Å².